The van der Waals surface area contributed by atoms with E-state index >= 15 is 0 Å². The second kappa shape index (κ2) is 6.06. The molecule has 4 nitrogen and oxygen atoms in total. The molecule has 1 aromatic heterocycles. The van der Waals surface area contributed by atoms with Gasteiger partial charge in [0.1, 0.15) is 5.82 Å². The third-order valence-electron chi connectivity index (χ3n) is 2.48. The van der Waals surface area contributed by atoms with E-state index in [0.29, 0.717) is 30.2 Å². The zero-order valence-corrected chi connectivity index (χ0v) is 11.3. The number of rotatable bonds is 5. The minimum atomic E-state index is -0.331. The van der Waals surface area contributed by atoms with Gasteiger partial charge in [-0.1, -0.05) is 21.1 Å². The van der Waals surface area contributed by atoms with Crippen molar-refractivity contribution in [3.8, 4) is 11.4 Å². The van der Waals surface area contributed by atoms with E-state index in [-0.39, 0.29) is 5.82 Å². The molecule has 0 aliphatic carbocycles. The number of nitrogens with two attached hydrogens (primary N) is 1. The summed E-state index contributed by atoms with van der Waals surface area (Å²) in [5.74, 6) is 0.612. The lowest BCUT2D eigenvalue weighted by Crippen LogP contribution is -1.99. The SMILES string of the molecule is NCCCCc1nc(-c2cc(F)ccc2Br)no1. The highest BCUT2D eigenvalue weighted by Crippen LogP contribution is 2.26. The monoisotopic (exact) mass is 313 g/mol. The molecule has 0 saturated heterocycles. The van der Waals surface area contributed by atoms with Gasteiger partial charge in [-0.2, -0.15) is 4.98 Å². The average molecular weight is 314 g/mol. The molecule has 0 amide bonds. The molecular weight excluding hydrogens is 301 g/mol. The number of unbranched alkanes of at least 4 members (excludes halogenated alkanes) is 1. The quantitative estimate of drug-likeness (QED) is 0.862. The Morgan fingerprint density at radius 3 is 2.94 bits per heavy atom. The Hall–Kier alpha value is -1.27. The van der Waals surface area contributed by atoms with Crippen molar-refractivity contribution in [2.45, 2.75) is 19.3 Å². The van der Waals surface area contributed by atoms with Crippen LogP contribution in [0.3, 0.4) is 0 Å². The summed E-state index contributed by atoms with van der Waals surface area (Å²) < 4.78 is 19.0. The molecule has 0 aliphatic heterocycles. The molecule has 0 spiro atoms. The van der Waals surface area contributed by atoms with Gasteiger partial charge in [0.25, 0.3) is 0 Å². The van der Waals surface area contributed by atoms with Gasteiger partial charge in [-0.15, -0.1) is 0 Å². The van der Waals surface area contributed by atoms with Gasteiger partial charge < -0.3 is 10.3 Å². The Morgan fingerprint density at radius 2 is 2.17 bits per heavy atom. The highest BCUT2D eigenvalue weighted by molar-refractivity contribution is 9.10. The Balaban J connectivity index is 2.16. The van der Waals surface area contributed by atoms with Crippen LogP contribution in [0.15, 0.2) is 27.2 Å². The van der Waals surface area contributed by atoms with Gasteiger partial charge in [-0.05, 0) is 37.6 Å². The number of halogens is 2. The molecule has 96 valence electrons. The average Bonchev–Trinajstić information content (AvgIpc) is 2.81. The highest BCUT2D eigenvalue weighted by Gasteiger charge is 2.12. The molecule has 6 heteroatoms. The number of benzene rings is 1. The van der Waals surface area contributed by atoms with Crippen LogP contribution in [0.4, 0.5) is 4.39 Å². The predicted molar refractivity (Wildman–Crippen MR) is 69.4 cm³/mol. The van der Waals surface area contributed by atoms with Crippen molar-refractivity contribution in [1.82, 2.24) is 10.1 Å². The summed E-state index contributed by atoms with van der Waals surface area (Å²) in [5.41, 5.74) is 6.00. The van der Waals surface area contributed by atoms with E-state index < -0.39 is 0 Å². The van der Waals surface area contributed by atoms with Gasteiger partial charge in [0.15, 0.2) is 0 Å². The summed E-state index contributed by atoms with van der Waals surface area (Å²) >= 11 is 3.34. The van der Waals surface area contributed by atoms with Crippen molar-refractivity contribution >= 4 is 15.9 Å². The van der Waals surface area contributed by atoms with Crippen LogP contribution in [0.5, 0.6) is 0 Å². The molecule has 0 bridgehead atoms. The standard InChI is InChI=1S/C12H13BrFN3O/c13-10-5-4-8(14)7-9(10)12-16-11(18-17-12)3-1-2-6-15/h4-5,7H,1-3,6,15H2. The molecule has 2 N–H and O–H groups in total. The first kappa shape index (κ1) is 13.2. The summed E-state index contributed by atoms with van der Waals surface area (Å²) in [4.78, 5) is 4.24. The fourth-order valence-corrected chi connectivity index (χ4v) is 1.98. The highest BCUT2D eigenvalue weighted by atomic mass is 79.9. The van der Waals surface area contributed by atoms with Gasteiger partial charge in [0.2, 0.25) is 11.7 Å². The van der Waals surface area contributed by atoms with Crippen molar-refractivity contribution in [2.24, 2.45) is 5.73 Å². The molecule has 0 aliphatic rings. The van der Waals surface area contributed by atoms with Gasteiger partial charge in [0.05, 0.1) is 0 Å². The van der Waals surface area contributed by atoms with Gasteiger partial charge in [-0.3, -0.25) is 0 Å². The number of aryl methyl sites for hydroxylation is 1. The van der Waals surface area contributed by atoms with Gasteiger partial charge in [-0.25, -0.2) is 4.39 Å². The van der Waals surface area contributed by atoms with E-state index in [1.54, 1.807) is 6.07 Å². The van der Waals surface area contributed by atoms with Crippen LogP contribution in [0.1, 0.15) is 18.7 Å². The van der Waals surface area contributed by atoms with Gasteiger partial charge in [0, 0.05) is 16.5 Å². The van der Waals surface area contributed by atoms with Crippen LogP contribution in [-0.4, -0.2) is 16.7 Å². The summed E-state index contributed by atoms with van der Waals surface area (Å²) in [7, 11) is 0. The van der Waals surface area contributed by atoms with Crippen molar-refractivity contribution in [3.05, 3.63) is 34.4 Å². The molecule has 2 aromatic rings. The summed E-state index contributed by atoms with van der Waals surface area (Å²) in [6, 6.07) is 4.36. The second-order valence-corrected chi connectivity index (χ2v) is 4.74. The molecular formula is C12H13BrFN3O. The van der Waals surface area contributed by atoms with E-state index in [1.165, 1.54) is 12.1 Å². The molecule has 1 heterocycles. The number of aromatic nitrogens is 2. The lowest BCUT2D eigenvalue weighted by Gasteiger charge is -1.98. The van der Waals surface area contributed by atoms with Crippen molar-refractivity contribution in [1.29, 1.82) is 0 Å². The first-order valence-corrected chi connectivity index (χ1v) is 6.48. The normalized spacial score (nSPS) is 10.8. The van der Waals surface area contributed by atoms with E-state index in [4.69, 9.17) is 10.3 Å². The number of hydrogen-bond donors (Lipinski definition) is 1. The Bertz CT molecular complexity index is 530. The van der Waals surface area contributed by atoms with E-state index in [9.17, 15) is 4.39 Å². The largest absolute Gasteiger partial charge is 0.339 e. The Kier molecular flexibility index (Phi) is 4.43. The minimum absolute atomic E-state index is 0.331. The second-order valence-electron chi connectivity index (χ2n) is 3.88. The maximum atomic E-state index is 13.2. The lowest BCUT2D eigenvalue weighted by atomic mass is 10.2. The lowest BCUT2D eigenvalue weighted by molar-refractivity contribution is 0.375. The van der Waals surface area contributed by atoms with E-state index in [2.05, 4.69) is 26.1 Å². The predicted octanol–water partition coefficient (Wildman–Crippen LogP) is 2.92. The van der Waals surface area contributed by atoms with Crippen LogP contribution >= 0.6 is 15.9 Å². The van der Waals surface area contributed by atoms with Crippen molar-refractivity contribution in [3.63, 3.8) is 0 Å². The minimum Gasteiger partial charge on any atom is -0.339 e. The van der Waals surface area contributed by atoms with Crippen LogP contribution < -0.4 is 5.73 Å². The smallest absolute Gasteiger partial charge is 0.226 e. The number of hydrogen-bond acceptors (Lipinski definition) is 4. The maximum absolute atomic E-state index is 13.2. The van der Waals surface area contributed by atoms with Crippen LogP contribution in [-0.2, 0) is 6.42 Å². The number of nitrogens with zero attached hydrogens (tertiary/aromatic N) is 2. The summed E-state index contributed by atoms with van der Waals surface area (Å²) in [6.07, 6.45) is 2.51. The first-order valence-electron chi connectivity index (χ1n) is 5.69. The molecule has 2 rings (SSSR count). The Morgan fingerprint density at radius 1 is 1.33 bits per heavy atom. The molecule has 1 aromatic carbocycles. The molecule has 0 saturated carbocycles. The van der Waals surface area contributed by atoms with Crippen LogP contribution in [0.25, 0.3) is 11.4 Å². The fraction of sp³-hybridized carbons (Fsp3) is 0.333. The zero-order chi connectivity index (χ0) is 13.0. The van der Waals surface area contributed by atoms with Crippen LogP contribution in [0, 0.1) is 5.82 Å². The third-order valence-corrected chi connectivity index (χ3v) is 3.17. The molecule has 0 atom stereocenters. The molecule has 0 unspecified atom stereocenters. The maximum Gasteiger partial charge on any atom is 0.226 e. The van der Waals surface area contributed by atoms with E-state index in [0.717, 1.165) is 17.3 Å². The zero-order valence-electron chi connectivity index (χ0n) is 9.70. The molecule has 18 heavy (non-hydrogen) atoms. The fourth-order valence-electron chi connectivity index (χ4n) is 1.56. The third kappa shape index (κ3) is 3.14. The first-order chi connectivity index (χ1) is 8.70. The van der Waals surface area contributed by atoms with Crippen LogP contribution in [0.2, 0.25) is 0 Å². The summed E-state index contributed by atoms with van der Waals surface area (Å²) in [5, 5.41) is 3.85. The topological polar surface area (TPSA) is 64.9 Å². The van der Waals surface area contributed by atoms with E-state index in [1.807, 2.05) is 0 Å². The molecule has 0 fully saturated rings. The summed E-state index contributed by atoms with van der Waals surface area (Å²) in [6.45, 7) is 0.649. The Labute approximate surface area is 113 Å². The van der Waals surface area contributed by atoms with Gasteiger partial charge >= 0.3 is 0 Å². The molecule has 0 radical (unpaired) electrons. The van der Waals surface area contributed by atoms with Crippen molar-refractivity contribution < 1.29 is 8.91 Å². The van der Waals surface area contributed by atoms with Crippen molar-refractivity contribution in [2.75, 3.05) is 6.54 Å².